The van der Waals surface area contributed by atoms with Gasteiger partial charge < -0.3 is 15.0 Å². The van der Waals surface area contributed by atoms with Crippen molar-refractivity contribution in [2.45, 2.75) is 24.1 Å². The van der Waals surface area contributed by atoms with E-state index < -0.39 is 38.9 Å². The summed E-state index contributed by atoms with van der Waals surface area (Å²) in [5.41, 5.74) is 1.56. The molecule has 5 N–H and O–H groups in total. The van der Waals surface area contributed by atoms with Crippen molar-refractivity contribution in [1.29, 1.82) is 0 Å². The van der Waals surface area contributed by atoms with Crippen LogP contribution in [0.15, 0.2) is 63.3 Å². The van der Waals surface area contributed by atoms with Crippen molar-refractivity contribution >= 4 is 32.4 Å². The van der Waals surface area contributed by atoms with E-state index in [0.717, 1.165) is 18.6 Å². The molecular formula is C29H30F2N8O5S. The van der Waals surface area contributed by atoms with Gasteiger partial charge in [-0.05, 0) is 43.3 Å². The maximum absolute atomic E-state index is 15.4. The number of H-pyrrole nitrogens is 2. The van der Waals surface area contributed by atoms with Gasteiger partial charge in [-0.15, -0.1) is 10.2 Å². The fourth-order valence-electron chi connectivity index (χ4n) is 5.09. The van der Waals surface area contributed by atoms with E-state index in [9.17, 15) is 14.4 Å². The average molecular weight is 641 g/mol. The standard InChI is InChI=1S/C29H30F2N8O5S/c1-4-12-32-15-45(14-17-18(30)6-5-7-19(17)31)25(16-8-10-21(33-13-16)34-29(42)39-44-3)23(20-9-11-22(43-2)38-37-20)24-26(40)35-28(41)36-27(24)45/h5-11,13,32H,4,12,14-15H2,1-3H3,(H2,33,34,39,42)(H2,35,36,40,41). The fourth-order valence-corrected chi connectivity index (χ4v) is 9.28. The molecule has 0 radical (unpaired) electrons. The summed E-state index contributed by atoms with van der Waals surface area (Å²) in [6, 6.07) is 9.27. The number of hydrogen-bond acceptors (Lipinski definition) is 9. The van der Waals surface area contributed by atoms with E-state index in [4.69, 9.17) is 4.74 Å². The first-order valence-electron chi connectivity index (χ1n) is 13.7. The van der Waals surface area contributed by atoms with E-state index in [-0.39, 0.29) is 45.2 Å². The normalized spacial score (nSPS) is 17.0. The highest BCUT2D eigenvalue weighted by Gasteiger charge is 2.46. The number of nitrogens with one attached hydrogen (secondary N) is 5. The lowest BCUT2D eigenvalue weighted by atomic mass is 10.0. The molecule has 3 aromatic heterocycles. The molecule has 0 bridgehead atoms. The van der Waals surface area contributed by atoms with Crippen molar-refractivity contribution < 1.29 is 23.1 Å². The number of halogens is 2. The molecule has 0 spiro atoms. The molecule has 45 heavy (non-hydrogen) atoms. The summed E-state index contributed by atoms with van der Waals surface area (Å²) in [5, 5.41) is 14.5. The molecule has 13 nitrogen and oxygen atoms in total. The van der Waals surface area contributed by atoms with Gasteiger partial charge in [0.2, 0.25) is 5.88 Å². The maximum Gasteiger partial charge on any atom is 0.344 e. The number of fused-ring (bicyclic) bond motifs is 1. The summed E-state index contributed by atoms with van der Waals surface area (Å²) in [6.07, 6.45) is 2.20. The van der Waals surface area contributed by atoms with Crippen molar-refractivity contribution in [2.75, 3.05) is 32.0 Å². The second-order valence-corrected chi connectivity index (χ2v) is 13.0. The van der Waals surface area contributed by atoms with E-state index in [2.05, 4.69) is 46.1 Å². The second-order valence-electron chi connectivity index (χ2n) is 9.84. The number of benzene rings is 1. The third-order valence-electron chi connectivity index (χ3n) is 6.96. The molecule has 16 heteroatoms. The highest BCUT2D eigenvalue weighted by Crippen LogP contribution is 2.73. The number of rotatable bonds is 11. The van der Waals surface area contributed by atoms with Crippen LogP contribution in [0.1, 0.15) is 35.7 Å². The topological polar surface area (TPSA) is 176 Å². The monoisotopic (exact) mass is 640 g/mol. The molecule has 0 aliphatic carbocycles. The van der Waals surface area contributed by atoms with Crippen molar-refractivity contribution in [2.24, 2.45) is 0 Å². The van der Waals surface area contributed by atoms with E-state index in [1.807, 2.05) is 6.92 Å². The van der Waals surface area contributed by atoms with Gasteiger partial charge in [-0.2, -0.15) is 10.0 Å². The lowest BCUT2D eigenvalue weighted by molar-refractivity contribution is 0.114. The lowest BCUT2D eigenvalue weighted by Crippen LogP contribution is -2.29. The Morgan fingerprint density at radius 1 is 1.02 bits per heavy atom. The number of carbonyl (C=O) groups excluding carboxylic acids is 1. The molecule has 1 aliphatic rings. The van der Waals surface area contributed by atoms with Crippen LogP contribution < -0.4 is 32.1 Å². The van der Waals surface area contributed by atoms with Gasteiger partial charge in [-0.3, -0.25) is 19.9 Å². The highest BCUT2D eigenvalue weighted by molar-refractivity contribution is 8.40. The third-order valence-corrected chi connectivity index (χ3v) is 10.7. The Morgan fingerprint density at radius 2 is 1.80 bits per heavy atom. The molecule has 2 amide bonds. The van der Waals surface area contributed by atoms with Gasteiger partial charge in [0.05, 0.1) is 30.5 Å². The van der Waals surface area contributed by atoms with E-state index in [0.29, 0.717) is 22.6 Å². The zero-order chi connectivity index (χ0) is 32.1. The van der Waals surface area contributed by atoms with Crippen LogP contribution in [0.2, 0.25) is 0 Å². The van der Waals surface area contributed by atoms with Crippen LogP contribution in [-0.2, 0) is 10.6 Å². The number of aromatic nitrogens is 5. The van der Waals surface area contributed by atoms with Crippen LogP contribution >= 0.6 is 10.0 Å². The summed E-state index contributed by atoms with van der Waals surface area (Å²) in [7, 11) is -0.0209. The predicted molar refractivity (Wildman–Crippen MR) is 165 cm³/mol. The average Bonchev–Trinajstić information content (AvgIpc) is 3.30. The van der Waals surface area contributed by atoms with Gasteiger partial charge in [0.25, 0.3) is 5.56 Å². The first kappa shape index (κ1) is 31.5. The number of hydroxylamine groups is 1. The molecule has 1 aliphatic heterocycles. The van der Waals surface area contributed by atoms with Crippen molar-refractivity contribution in [1.82, 2.24) is 35.9 Å². The minimum atomic E-state index is -2.73. The van der Waals surface area contributed by atoms with Crippen LogP contribution in [0.5, 0.6) is 5.88 Å². The Labute approximate surface area is 256 Å². The highest BCUT2D eigenvalue weighted by atomic mass is 32.3. The number of urea groups is 1. The van der Waals surface area contributed by atoms with E-state index in [1.54, 1.807) is 18.2 Å². The molecule has 4 aromatic rings. The van der Waals surface area contributed by atoms with Crippen LogP contribution in [0.25, 0.3) is 10.5 Å². The van der Waals surface area contributed by atoms with Crippen LogP contribution in [0, 0.1) is 11.6 Å². The largest absolute Gasteiger partial charge is 0.480 e. The predicted octanol–water partition coefficient (Wildman–Crippen LogP) is 3.47. The van der Waals surface area contributed by atoms with Gasteiger partial charge in [0, 0.05) is 45.5 Å². The quantitative estimate of drug-likeness (QED) is 0.0934. The smallest absolute Gasteiger partial charge is 0.344 e. The SMILES string of the molecule is CCCNCS1(Cc2c(F)cccc2F)C(c2ccc(NC(=O)NOC)nc2)=C(c2ccc(OC)nn2)c2c1[nH]c(=O)[nH]c2=O. The molecular weight excluding hydrogens is 610 g/mol. The molecule has 1 aromatic carbocycles. The minimum absolute atomic E-state index is 0.0933. The number of hydrogen-bond donors (Lipinski definition) is 5. The minimum Gasteiger partial charge on any atom is -0.480 e. The molecule has 1 unspecified atom stereocenters. The molecule has 5 rings (SSSR count). The van der Waals surface area contributed by atoms with E-state index in [1.165, 1.54) is 32.5 Å². The van der Waals surface area contributed by atoms with Gasteiger partial charge in [0.1, 0.15) is 17.5 Å². The first-order chi connectivity index (χ1) is 21.7. The number of carbonyl (C=O) groups is 1. The second kappa shape index (κ2) is 13.4. The summed E-state index contributed by atoms with van der Waals surface area (Å²) in [6.45, 7) is 2.50. The summed E-state index contributed by atoms with van der Waals surface area (Å²) in [4.78, 5) is 53.0. The maximum atomic E-state index is 15.4. The Bertz CT molecular complexity index is 1840. The van der Waals surface area contributed by atoms with Crippen molar-refractivity contribution in [3.63, 3.8) is 0 Å². The molecule has 0 fully saturated rings. The Hall–Kier alpha value is -4.93. The van der Waals surface area contributed by atoms with E-state index >= 15 is 8.78 Å². The summed E-state index contributed by atoms with van der Waals surface area (Å²) >= 11 is 0. The molecule has 1 atom stereocenters. The summed E-state index contributed by atoms with van der Waals surface area (Å²) < 4.78 is 35.9. The van der Waals surface area contributed by atoms with Gasteiger partial charge in [-0.25, -0.2) is 28.8 Å². The molecule has 0 saturated heterocycles. The zero-order valence-electron chi connectivity index (χ0n) is 24.5. The van der Waals surface area contributed by atoms with Crippen LogP contribution in [0.3, 0.4) is 0 Å². The Balaban J connectivity index is 1.85. The fraction of sp³-hybridized carbons (Fsp3) is 0.241. The zero-order valence-corrected chi connectivity index (χ0v) is 25.3. The molecule has 236 valence electrons. The number of amides is 2. The molecule has 4 heterocycles. The first-order valence-corrected chi connectivity index (χ1v) is 15.7. The van der Waals surface area contributed by atoms with Crippen molar-refractivity contribution in [3.05, 3.63) is 104 Å². The summed E-state index contributed by atoms with van der Waals surface area (Å²) in [5.74, 6) is -1.23. The number of nitrogens with zero attached hydrogens (tertiary/aromatic N) is 3. The lowest BCUT2D eigenvalue weighted by Gasteiger charge is -2.40. The van der Waals surface area contributed by atoms with Crippen LogP contribution in [0.4, 0.5) is 19.4 Å². The Kier molecular flexibility index (Phi) is 9.36. The van der Waals surface area contributed by atoms with Gasteiger partial charge in [-0.1, -0.05) is 13.0 Å². The Morgan fingerprint density at radius 3 is 2.42 bits per heavy atom. The van der Waals surface area contributed by atoms with Gasteiger partial charge in [0.15, 0.2) is 0 Å². The number of ether oxygens (including phenoxy) is 1. The number of anilines is 1. The number of methoxy groups -OCH3 is 1. The van der Waals surface area contributed by atoms with Crippen molar-refractivity contribution in [3.8, 4) is 5.88 Å². The number of aromatic amines is 2. The van der Waals surface area contributed by atoms with Crippen LogP contribution in [-0.4, -0.2) is 57.8 Å². The molecule has 0 saturated carbocycles. The third kappa shape index (κ3) is 6.20. The number of pyridine rings is 1. The van der Waals surface area contributed by atoms with Gasteiger partial charge >= 0.3 is 11.7 Å².